The maximum absolute atomic E-state index is 12.9. The standard InChI is InChI=1S/C21H27N5O5/c22-18(27)10-17(21(30)31)26-20(29)16(25-19(28)15-7-3-4-8-23-15)9-12-11-24-14-6-2-1-5-13(12)14/h1-2,5-6,11,15-17,23-24H,3-4,7-10H2,(H2,22,27)(H,25,28)(H,26,29)(H,30,31)/t15-,16-,17-/m0/s1. The number of amides is 3. The summed E-state index contributed by atoms with van der Waals surface area (Å²) in [6.45, 7) is 0.719. The highest BCUT2D eigenvalue weighted by atomic mass is 16.4. The number of fused-ring (bicyclic) bond motifs is 1. The molecule has 0 unspecified atom stereocenters. The summed E-state index contributed by atoms with van der Waals surface area (Å²) >= 11 is 0. The van der Waals surface area contributed by atoms with E-state index in [0.29, 0.717) is 6.42 Å². The van der Waals surface area contributed by atoms with Crippen LogP contribution in [0.1, 0.15) is 31.2 Å². The SMILES string of the molecule is NC(=O)C[C@H](NC(=O)[C@H](Cc1c[nH]c2ccccc12)NC(=O)[C@@H]1CCCCN1)C(=O)O. The molecule has 1 aliphatic heterocycles. The van der Waals surface area contributed by atoms with Gasteiger partial charge in [0.15, 0.2) is 0 Å². The number of aromatic nitrogens is 1. The number of carboxylic acid groups (broad SMARTS) is 1. The van der Waals surface area contributed by atoms with Crippen molar-refractivity contribution in [2.75, 3.05) is 6.54 Å². The Morgan fingerprint density at radius 1 is 1.13 bits per heavy atom. The third-order valence-electron chi connectivity index (χ3n) is 5.38. The van der Waals surface area contributed by atoms with E-state index in [9.17, 15) is 24.3 Å². The number of benzene rings is 1. The Hall–Kier alpha value is -3.40. The zero-order valence-electron chi connectivity index (χ0n) is 17.0. The lowest BCUT2D eigenvalue weighted by Gasteiger charge is -2.26. The summed E-state index contributed by atoms with van der Waals surface area (Å²) in [5.74, 6) is -3.24. The molecule has 0 bridgehead atoms. The summed E-state index contributed by atoms with van der Waals surface area (Å²) in [4.78, 5) is 51.4. The van der Waals surface area contributed by atoms with Crippen LogP contribution in [0.15, 0.2) is 30.5 Å². The topological polar surface area (TPSA) is 166 Å². The van der Waals surface area contributed by atoms with Crippen molar-refractivity contribution in [3.8, 4) is 0 Å². The molecular formula is C21H27N5O5. The molecule has 166 valence electrons. The van der Waals surface area contributed by atoms with Crippen LogP contribution < -0.4 is 21.7 Å². The number of hydrogen-bond donors (Lipinski definition) is 6. The normalized spacial score (nSPS) is 18.1. The molecule has 0 spiro atoms. The molecule has 0 aliphatic carbocycles. The van der Waals surface area contributed by atoms with Crippen molar-refractivity contribution in [2.24, 2.45) is 5.73 Å². The van der Waals surface area contributed by atoms with Crippen molar-refractivity contribution in [3.05, 3.63) is 36.0 Å². The second kappa shape index (κ2) is 10.1. The summed E-state index contributed by atoms with van der Waals surface area (Å²) in [6, 6.07) is 4.63. The number of hydrogen-bond acceptors (Lipinski definition) is 5. The quantitative estimate of drug-likeness (QED) is 0.322. The number of carbonyl (C=O) groups excluding carboxylic acids is 3. The van der Waals surface area contributed by atoms with E-state index in [1.54, 1.807) is 6.20 Å². The number of piperidine rings is 1. The molecule has 1 saturated heterocycles. The third-order valence-corrected chi connectivity index (χ3v) is 5.38. The van der Waals surface area contributed by atoms with Gasteiger partial charge in [-0.15, -0.1) is 0 Å². The van der Waals surface area contributed by atoms with Gasteiger partial charge >= 0.3 is 5.97 Å². The first-order valence-corrected chi connectivity index (χ1v) is 10.3. The van der Waals surface area contributed by atoms with Crippen molar-refractivity contribution >= 4 is 34.6 Å². The van der Waals surface area contributed by atoms with Crippen molar-refractivity contribution in [1.29, 1.82) is 0 Å². The first-order chi connectivity index (χ1) is 14.8. The van der Waals surface area contributed by atoms with Crippen LogP contribution in [-0.4, -0.2) is 58.5 Å². The first-order valence-electron chi connectivity index (χ1n) is 10.3. The minimum atomic E-state index is -1.47. The van der Waals surface area contributed by atoms with E-state index in [0.717, 1.165) is 35.9 Å². The highest BCUT2D eigenvalue weighted by Crippen LogP contribution is 2.19. The molecule has 0 radical (unpaired) electrons. The van der Waals surface area contributed by atoms with Gasteiger partial charge in [0.25, 0.3) is 0 Å². The predicted octanol–water partition coefficient (Wildman–Crippen LogP) is -0.218. The number of para-hydroxylation sites is 1. The van der Waals surface area contributed by atoms with Gasteiger partial charge in [0, 0.05) is 23.5 Å². The van der Waals surface area contributed by atoms with Gasteiger partial charge in [-0.05, 0) is 31.0 Å². The summed E-state index contributed by atoms with van der Waals surface area (Å²) < 4.78 is 0. The minimum absolute atomic E-state index is 0.150. The fourth-order valence-electron chi connectivity index (χ4n) is 3.75. The third kappa shape index (κ3) is 5.82. The Morgan fingerprint density at radius 2 is 1.90 bits per heavy atom. The lowest BCUT2D eigenvalue weighted by atomic mass is 10.0. The van der Waals surface area contributed by atoms with E-state index < -0.39 is 42.3 Å². The van der Waals surface area contributed by atoms with Gasteiger partial charge in [0.05, 0.1) is 12.5 Å². The Labute approximate surface area is 178 Å². The summed E-state index contributed by atoms with van der Waals surface area (Å²) in [6.07, 6.45) is 3.91. The zero-order chi connectivity index (χ0) is 22.4. The fraction of sp³-hybridized carbons (Fsp3) is 0.429. The molecule has 1 aromatic carbocycles. The summed E-state index contributed by atoms with van der Waals surface area (Å²) in [5.41, 5.74) is 6.78. The van der Waals surface area contributed by atoms with Crippen LogP contribution in [0.4, 0.5) is 0 Å². The van der Waals surface area contributed by atoms with Gasteiger partial charge in [0.2, 0.25) is 17.7 Å². The zero-order valence-corrected chi connectivity index (χ0v) is 17.0. The lowest BCUT2D eigenvalue weighted by Crippen LogP contribution is -2.56. The molecule has 2 aromatic rings. The van der Waals surface area contributed by atoms with Gasteiger partial charge in [-0.2, -0.15) is 0 Å². The van der Waals surface area contributed by atoms with E-state index in [2.05, 4.69) is 20.9 Å². The Morgan fingerprint density at radius 3 is 2.58 bits per heavy atom. The average molecular weight is 429 g/mol. The molecule has 7 N–H and O–H groups in total. The second-order valence-corrected chi connectivity index (χ2v) is 7.70. The number of primary amides is 1. The highest BCUT2D eigenvalue weighted by molar-refractivity contribution is 5.94. The molecule has 1 aromatic heterocycles. The van der Waals surface area contributed by atoms with Crippen LogP contribution in [0, 0.1) is 0 Å². The average Bonchev–Trinajstić information content (AvgIpc) is 3.16. The molecule has 0 saturated carbocycles. The second-order valence-electron chi connectivity index (χ2n) is 7.70. The van der Waals surface area contributed by atoms with E-state index in [1.165, 1.54) is 0 Å². The maximum Gasteiger partial charge on any atom is 0.326 e. The number of aromatic amines is 1. The van der Waals surface area contributed by atoms with E-state index >= 15 is 0 Å². The van der Waals surface area contributed by atoms with Gasteiger partial charge in [-0.25, -0.2) is 4.79 Å². The van der Waals surface area contributed by atoms with Crippen LogP contribution in [0.5, 0.6) is 0 Å². The summed E-state index contributed by atoms with van der Waals surface area (Å²) in [5, 5.41) is 18.4. The Bertz CT molecular complexity index is 966. The van der Waals surface area contributed by atoms with E-state index in [1.807, 2.05) is 24.3 Å². The Balaban J connectivity index is 1.80. The van der Waals surface area contributed by atoms with Crippen LogP contribution in [0.25, 0.3) is 10.9 Å². The number of nitrogens with one attached hydrogen (secondary N) is 4. The van der Waals surface area contributed by atoms with E-state index in [-0.39, 0.29) is 12.3 Å². The maximum atomic E-state index is 12.9. The van der Waals surface area contributed by atoms with Crippen LogP contribution in [-0.2, 0) is 25.6 Å². The minimum Gasteiger partial charge on any atom is -0.480 e. The molecule has 3 amide bonds. The molecule has 3 rings (SSSR count). The van der Waals surface area contributed by atoms with Crippen LogP contribution in [0.2, 0.25) is 0 Å². The number of carbonyl (C=O) groups is 4. The van der Waals surface area contributed by atoms with Crippen molar-refractivity contribution < 1.29 is 24.3 Å². The lowest BCUT2D eigenvalue weighted by molar-refractivity contribution is -0.143. The van der Waals surface area contributed by atoms with Gasteiger partial charge in [-0.1, -0.05) is 24.6 Å². The smallest absolute Gasteiger partial charge is 0.326 e. The first kappa shape index (κ1) is 22.3. The fourth-order valence-corrected chi connectivity index (χ4v) is 3.75. The van der Waals surface area contributed by atoms with Gasteiger partial charge < -0.3 is 31.8 Å². The molecule has 3 atom stereocenters. The molecule has 2 heterocycles. The van der Waals surface area contributed by atoms with Crippen LogP contribution in [0.3, 0.4) is 0 Å². The molecule has 31 heavy (non-hydrogen) atoms. The molecule has 10 nitrogen and oxygen atoms in total. The number of rotatable bonds is 9. The van der Waals surface area contributed by atoms with Crippen LogP contribution >= 0.6 is 0 Å². The molecule has 1 fully saturated rings. The van der Waals surface area contributed by atoms with Crippen molar-refractivity contribution in [3.63, 3.8) is 0 Å². The monoisotopic (exact) mass is 429 g/mol. The van der Waals surface area contributed by atoms with E-state index in [4.69, 9.17) is 5.73 Å². The number of aliphatic carboxylic acids is 1. The van der Waals surface area contributed by atoms with Gasteiger partial charge in [0.1, 0.15) is 12.1 Å². The van der Waals surface area contributed by atoms with Crippen molar-refractivity contribution in [1.82, 2.24) is 20.9 Å². The number of H-pyrrole nitrogens is 1. The predicted molar refractivity (Wildman–Crippen MR) is 113 cm³/mol. The summed E-state index contributed by atoms with van der Waals surface area (Å²) in [7, 11) is 0. The molecular weight excluding hydrogens is 402 g/mol. The largest absolute Gasteiger partial charge is 0.480 e. The molecule has 10 heteroatoms. The number of nitrogens with two attached hydrogens (primary N) is 1. The Kier molecular flexibility index (Phi) is 7.24. The van der Waals surface area contributed by atoms with Gasteiger partial charge in [-0.3, -0.25) is 14.4 Å². The molecule has 1 aliphatic rings. The highest BCUT2D eigenvalue weighted by Gasteiger charge is 2.30. The number of carboxylic acids is 1. The van der Waals surface area contributed by atoms with Crippen molar-refractivity contribution in [2.45, 2.75) is 50.2 Å².